The van der Waals surface area contributed by atoms with E-state index >= 15 is 0 Å². The first-order valence-electron chi connectivity index (χ1n) is 4.30. The first-order valence-corrected chi connectivity index (χ1v) is 5.09. The molecule has 0 aromatic carbocycles. The third-order valence-electron chi connectivity index (χ3n) is 1.56. The fraction of sp³-hybridized carbons (Fsp3) is 0.500. The molecule has 1 aromatic rings. The van der Waals surface area contributed by atoms with E-state index in [1.54, 1.807) is 0 Å². The zero-order chi connectivity index (χ0) is 10.1. The van der Waals surface area contributed by atoms with Crippen LogP contribution in [0.5, 0.6) is 0 Å². The van der Waals surface area contributed by atoms with E-state index in [1.165, 1.54) is 0 Å². The lowest BCUT2D eigenvalue weighted by atomic mass is 10.1. The fourth-order valence-corrected chi connectivity index (χ4v) is 1.30. The number of nitrogens with zero attached hydrogens (tertiary/aromatic N) is 1. The number of aryl methyl sites for hydroxylation is 1. The highest BCUT2D eigenvalue weighted by Crippen LogP contribution is 2.19. The van der Waals surface area contributed by atoms with Crippen molar-refractivity contribution >= 4 is 21.7 Å². The van der Waals surface area contributed by atoms with E-state index in [-0.39, 0.29) is 5.54 Å². The number of aromatic nitrogens is 1. The molecule has 72 valence electrons. The molecule has 0 fully saturated rings. The van der Waals surface area contributed by atoms with Crippen molar-refractivity contribution in [3.8, 4) is 0 Å². The lowest BCUT2D eigenvalue weighted by Crippen LogP contribution is -2.27. The smallest absolute Gasteiger partial charge is 0.130 e. The van der Waals surface area contributed by atoms with Crippen molar-refractivity contribution in [3.63, 3.8) is 0 Å². The van der Waals surface area contributed by atoms with Gasteiger partial charge in [0.2, 0.25) is 0 Å². The molecule has 1 aromatic heterocycles. The maximum absolute atomic E-state index is 4.36. The van der Waals surface area contributed by atoms with E-state index in [1.807, 2.05) is 19.1 Å². The molecule has 0 atom stereocenters. The predicted octanol–water partition coefficient (Wildman–Crippen LogP) is 3.36. The average molecular weight is 243 g/mol. The van der Waals surface area contributed by atoms with Crippen LogP contribution in [0.2, 0.25) is 0 Å². The van der Waals surface area contributed by atoms with Gasteiger partial charge in [-0.1, -0.05) is 6.07 Å². The van der Waals surface area contributed by atoms with Crippen LogP contribution in [0.15, 0.2) is 16.7 Å². The quantitative estimate of drug-likeness (QED) is 0.765. The Kier molecular flexibility index (Phi) is 2.96. The molecule has 0 saturated carbocycles. The Hall–Kier alpha value is -0.570. The Labute approximate surface area is 87.9 Å². The van der Waals surface area contributed by atoms with Crippen LogP contribution in [0.4, 0.5) is 5.82 Å². The van der Waals surface area contributed by atoms with Gasteiger partial charge in [-0.15, -0.1) is 0 Å². The van der Waals surface area contributed by atoms with Gasteiger partial charge < -0.3 is 5.32 Å². The molecule has 0 aliphatic rings. The van der Waals surface area contributed by atoms with Crippen molar-refractivity contribution < 1.29 is 0 Å². The summed E-state index contributed by atoms with van der Waals surface area (Å²) in [6, 6.07) is 3.99. The second-order valence-corrected chi connectivity index (χ2v) is 4.99. The van der Waals surface area contributed by atoms with E-state index in [0.717, 1.165) is 16.0 Å². The predicted molar refractivity (Wildman–Crippen MR) is 60.0 cm³/mol. The van der Waals surface area contributed by atoms with E-state index < -0.39 is 0 Å². The summed E-state index contributed by atoms with van der Waals surface area (Å²) in [5, 5.41) is 3.35. The molecule has 0 spiro atoms. The summed E-state index contributed by atoms with van der Waals surface area (Å²) < 4.78 is 0.866. The highest BCUT2D eigenvalue weighted by atomic mass is 79.9. The van der Waals surface area contributed by atoms with E-state index in [2.05, 4.69) is 47.0 Å². The van der Waals surface area contributed by atoms with Crippen LogP contribution in [0.1, 0.15) is 26.3 Å². The zero-order valence-electron chi connectivity index (χ0n) is 8.48. The standard InChI is InChI=1S/C10H15BrN2/c1-7-5-6-8(11)12-9(7)13-10(2,3)4/h5-6H,1-4H3,(H,12,13). The van der Waals surface area contributed by atoms with E-state index in [0.29, 0.717) is 0 Å². The molecular weight excluding hydrogens is 228 g/mol. The Morgan fingerprint density at radius 3 is 2.46 bits per heavy atom. The third-order valence-corrected chi connectivity index (χ3v) is 2.00. The van der Waals surface area contributed by atoms with Gasteiger partial charge in [-0.05, 0) is 55.3 Å². The zero-order valence-corrected chi connectivity index (χ0v) is 10.1. The Morgan fingerprint density at radius 2 is 1.92 bits per heavy atom. The van der Waals surface area contributed by atoms with Crippen LogP contribution in [0, 0.1) is 6.92 Å². The molecule has 1 rings (SSSR count). The Balaban J connectivity index is 2.94. The van der Waals surface area contributed by atoms with Crippen LogP contribution < -0.4 is 5.32 Å². The van der Waals surface area contributed by atoms with Crippen LogP contribution in [-0.2, 0) is 0 Å². The maximum Gasteiger partial charge on any atom is 0.130 e. The Morgan fingerprint density at radius 1 is 1.31 bits per heavy atom. The number of halogens is 1. The summed E-state index contributed by atoms with van der Waals surface area (Å²) in [5.74, 6) is 0.946. The molecule has 0 radical (unpaired) electrons. The second-order valence-electron chi connectivity index (χ2n) is 4.17. The van der Waals surface area contributed by atoms with Gasteiger partial charge in [0, 0.05) is 5.54 Å². The van der Waals surface area contributed by atoms with Gasteiger partial charge >= 0.3 is 0 Å². The minimum Gasteiger partial charge on any atom is -0.365 e. The van der Waals surface area contributed by atoms with Crippen LogP contribution in [0.25, 0.3) is 0 Å². The largest absolute Gasteiger partial charge is 0.365 e. The summed E-state index contributed by atoms with van der Waals surface area (Å²) in [6.45, 7) is 8.41. The lowest BCUT2D eigenvalue weighted by Gasteiger charge is -2.22. The van der Waals surface area contributed by atoms with Gasteiger partial charge in [0.25, 0.3) is 0 Å². The summed E-state index contributed by atoms with van der Waals surface area (Å²) >= 11 is 3.35. The van der Waals surface area contributed by atoms with Crippen molar-refractivity contribution in [2.45, 2.75) is 33.2 Å². The highest BCUT2D eigenvalue weighted by Gasteiger charge is 2.11. The van der Waals surface area contributed by atoms with E-state index in [9.17, 15) is 0 Å². The SMILES string of the molecule is Cc1ccc(Br)nc1NC(C)(C)C. The molecule has 1 heterocycles. The molecule has 0 bridgehead atoms. The molecule has 0 amide bonds. The van der Waals surface area contributed by atoms with Crippen molar-refractivity contribution in [1.82, 2.24) is 4.98 Å². The van der Waals surface area contributed by atoms with Gasteiger partial charge in [0.05, 0.1) is 0 Å². The van der Waals surface area contributed by atoms with Crippen molar-refractivity contribution in [1.29, 1.82) is 0 Å². The molecule has 1 N–H and O–H groups in total. The maximum atomic E-state index is 4.36. The average Bonchev–Trinajstić information content (AvgIpc) is 1.94. The molecule has 0 aliphatic heterocycles. The summed E-state index contributed by atoms with van der Waals surface area (Å²) in [7, 11) is 0. The topological polar surface area (TPSA) is 24.9 Å². The number of hydrogen-bond donors (Lipinski definition) is 1. The van der Waals surface area contributed by atoms with Gasteiger partial charge in [0.1, 0.15) is 10.4 Å². The normalized spacial score (nSPS) is 11.5. The van der Waals surface area contributed by atoms with E-state index in [4.69, 9.17) is 0 Å². The minimum atomic E-state index is 0.0541. The number of hydrogen-bond acceptors (Lipinski definition) is 2. The summed E-state index contributed by atoms with van der Waals surface area (Å²) in [4.78, 5) is 4.36. The van der Waals surface area contributed by atoms with Gasteiger partial charge in [-0.2, -0.15) is 0 Å². The molecule has 0 unspecified atom stereocenters. The van der Waals surface area contributed by atoms with Crippen LogP contribution >= 0.6 is 15.9 Å². The number of nitrogens with one attached hydrogen (secondary N) is 1. The molecule has 13 heavy (non-hydrogen) atoms. The highest BCUT2D eigenvalue weighted by molar-refractivity contribution is 9.10. The molecule has 0 saturated heterocycles. The first kappa shape index (κ1) is 10.5. The van der Waals surface area contributed by atoms with Gasteiger partial charge in [0.15, 0.2) is 0 Å². The third kappa shape index (κ3) is 3.35. The number of pyridine rings is 1. The molecule has 3 heteroatoms. The number of rotatable bonds is 1. The minimum absolute atomic E-state index is 0.0541. The molecule has 2 nitrogen and oxygen atoms in total. The van der Waals surface area contributed by atoms with Gasteiger partial charge in [-0.25, -0.2) is 4.98 Å². The molecular formula is C10H15BrN2. The number of anilines is 1. The van der Waals surface area contributed by atoms with Crippen molar-refractivity contribution in [3.05, 3.63) is 22.3 Å². The van der Waals surface area contributed by atoms with Crippen molar-refractivity contribution in [2.24, 2.45) is 0 Å². The van der Waals surface area contributed by atoms with Crippen LogP contribution in [0.3, 0.4) is 0 Å². The van der Waals surface area contributed by atoms with Crippen LogP contribution in [-0.4, -0.2) is 10.5 Å². The fourth-order valence-electron chi connectivity index (χ4n) is 0.987. The second kappa shape index (κ2) is 3.66. The Bertz CT molecular complexity index is 302. The van der Waals surface area contributed by atoms with Gasteiger partial charge in [-0.3, -0.25) is 0 Å². The monoisotopic (exact) mass is 242 g/mol. The lowest BCUT2D eigenvalue weighted by molar-refractivity contribution is 0.629. The first-order chi connectivity index (χ1) is 5.88. The van der Waals surface area contributed by atoms with Crippen molar-refractivity contribution in [2.75, 3.05) is 5.32 Å². The molecule has 0 aliphatic carbocycles. The summed E-state index contributed by atoms with van der Waals surface area (Å²) in [5.41, 5.74) is 1.22. The summed E-state index contributed by atoms with van der Waals surface area (Å²) in [6.07, 6.45) is 0.